The number of nitrogens with two attached hydrogens (primary N) is 1. The molecule has 0 atom stereocenters. The number of aromatic nitrogens is 4. The van der Waals surface area contributed by atoms with Gasteiger partial charge in [-0.05, 0) is 109 Å². The Morgan fingerprint density at radius 3 is 1.94 bits per heavy atom. The summed E-state index contributed by atoms with van der Waals surface area (Å²) in [6.07, 6.45) is 1.75. The summed E-state index contributed by atoms with van der Waals surface area (Å²) >= 11 is 1.72. The fourth-order valence-electron chi connectivity index (χ4n) is 9.77. The van der Waals surface area contributed by atoms with Crippen molar-refractivity contribution in [2.75, 3.05) is 49.3 Å². The normalized spacial score (nSPS) is 13.2. The second-order valence-electron chi connectivity index (χ2n) is 19.3. The van der Waals surface area contributed by atoms with Crippen molar-refractivity contribution in [3.63, 3.8) is 0 Å². The number of fused-ring (bicyclic) bond motifs is 3. The number of sulfonamides is 1. The summed E-state index contributed by atoms with van der Waals surface area (Å²) in [5.74, 6) is 0.535. The third-order valence-corrected chi connectivity index (χ3v) is 17.2. The Morgan fingerprint density at radius 1 is 0.780 bits per heavy atom. The summed E-state index contributed by atoms with van der Waals surface area (Å²) in [7, 11) is -0.275. The third-order valence-electron chi connectivity index (χ3n) is 14.1. The van der Waals surface area contributed by atoms with E-state index in [0.29, 0.717) is 104 Å². The Bertz CT molecular complexity index is 3740. The number of carbonyl (C=O) groups excluding carboxylic acids is 2. The number of anilines is 5. The van der Waals surface area contributed by atoms with Crippen molar-refractivity contribution in [2.45, 2.75) is 60.4 Å². The lowest BCUT2D eigenvalue weighted by Gasteiger charge is -2.31. The van der Waals surface area contributed by atoms with E-state index >= 15 is 0 Å². The van der Waals surface area contributed by atoms with Gasteiger partial charge in [0.2, 0.25) is 33.0 Å². The lowest BCUT2D eigenvalue weighted by Crippen LogP contribution is -2.43. The number of hydrogen-bond acceptors (Lipinski definition) is 18. The first-order valence-corrected chi connectivity index (χ1v) is 28.9. The highest BCUT2D eigenvalue weighted by Gasteiger charge is 2.35. The molecular weight excluding hydrogens is 1110 g/mol. The minimum absolute atomic E-state index is 0.1000. The molecule has 0 bridgehead atoms. The minimum atomic E-state index is -4.11. The van der Waals surface area contributed by atoms with E-state index in [1.165, 1.54) is 11.2 Å². The number of rotatable bonds is 23. The van der Waals surface area contributed by atoms with Gasteiger partial charge in [-0.3, -0.25) is 15.3 Å². The highest BCUT2D eigenvalue weighted by molar-refractivity contribution is 7.94. The smallest absolute Gasteiger partial charge is 0.392 e. The quantitative estimate of drug-likeness (QED) is 0.00867. The van der Waals surface area contributed by atoms with Crippen LogP contribution < -0.4 is 35.9 Å². The molecule has 1 aliphatic rings. The number of benzene rings is 6. The first-order chi connectivity index (χ1) is 39.8. The highest BCUT2D eigenvalue weighted by Crippen LogP contribution is 2.43. The summed E-state index contributed by atoms with van der Waals surface area (Å²) in [5.41, 5.74) is 14.3. The number of imidazole rings is 1. The van der Waals surface area contributed by atoms with Crippen LogP contribution in [0.4, 0.5) is 28.7 Å². The van der Waals surface area contributed by atoms with Gasteiger partial charge in [-0.25, -0.2) is 33.3 Å². The number of H-pyrrole nitrogens is 2. The van der Waals surface area contributed by atoms with Gasteiger partial charge in [-0.2, -0.15) is 4.31 Å². The first-order valence-electron chi connectivity index (χ1n) is 26.0. The predicted octanol–water partition coefficient (Wildman–Crippen LogP) is 9.96. The molecule has 1 fully saturated rings. The van der Waals surface area contributed by atoms with Gasteiger partial charge in [0.1, 0.15) is 12.4 Å². The van der Waals surface area contributed by atoms with Crippen LogP contribution in [-0.2, 0) is 57.9 Å². The van der Waals surface area contributed by atoms with Crippen molar-refractivity contribution in [1.82, 2.24) is 29.9 Å². The zero-order valence-corrected chi connectivity index (χ0v) is 47.1. The molecule has 2 amide bonds. The number of aromatic amines is 2. The molecule has 22 nitrogen and oxygen atoms in total. The van der Waals surface area contributed by atoms with Crippen LogP contribution in [0.2, 0.25) is 0 Å². The zero-order chi connectivity index (χ0) is 57.3. The van der Waals surface area contributed by atoms with Gasteiger partial charge in [-0.1, -0.05) is 57.5 Å². The molecule has 0 unspecified atom stereocenters. The van der Waals surface area contributed by atoms with Gasteiger partial charge in [0.15, 0.2) is 0 Å². The topological polar surface area (TPSA) is 282 Å². The van der Waals surface area contributed by atoms with Crippen LogP contribution in [0.25, 0.3) is 44.2 Å². The Balaban J connectivity index is 0.833. The molecule has 0 spiro atoms. The average molecular weight is 1170 g/mol. The van der Waals surface area contributed by atoms with Crippen LogP contribution in [0.5, 0.6) is 5.88 Å². The summed E-state index contributed by atoms with van der Waals surface area (Å²) in [5, 5.41) is 31.9. The predicted molar refractivity (Wildman–Crippen MR) is 310 cm³/mol. The van der Waals surface area contributed by atoms with Crippen molar-refractivity contribution in [2.24, 2.45) is 5.92 Å². The Labute approximate surface area is 479 Å². The van der Waals surface area contributed by atoms with E-state index < -0.39 is 10.0 Å². The Morgan fingerprint density at radius 2 is 1.35 bits per heavy atom. The molecule has 3 aromatic heterocycles. The number of piperidine rings is 1. The molecule has 6 aromatic carbocycles. The lowest BCUT2D eigenvalue weighted by molar-refractivity contribution is -0.432. The molecule has 1 aliphatic heterocycles. The third kappa shape index (κ3) is 13.2. The van der Waals surface area contributed by atoms with E-state index in [4.69, 9.17) is 30.4 Å². The summed E-state index contributed by atoms with van der Waals surface area (Å²) in [4.78, 5) is 45.6. The standard InChI is InChI=1S/C57H56N10O12S3/c1-35(68)60-33-36-10-12-37(13-11-36)34-74-56-53-54(63-57(58)64-56)62-51(61-53)9-6-28-59-55(69)38-26-29-67(30-27-38)82(72,73)50-8-5-4-7-47(50)52-45-24-18-41(65(2)39-14-20-43(21-15-39)80-78-76-70)31-48(45)75-49-32-42(19-25-46(49)52)66(3)40-16-22-44(23-17-40)81-79-77-71/h4-5,7-8,10-25,31-32,38H,6,9,26-30,33-34H2,1-3H3,(H6-,58,59,60,61,62,63,64,68,69,70,71)/p+2. The molecule has 25 heteroatoms. The largest absolute Gasteiger partial charge is 0.461 e. The van der Waals surface area contributed by atoms with E-state index in [-0.39, 0.29) is 48.3 Å². The number of hydrogen-bond donors (Lipinski definition) is 6. The van der Waals surface area contributed by atoms with Gasteiger partial charge in [0.05, 0.1) is 63.3 Å². The maximum atomic E-state index is 15.0. The molecule has 8 N–H and O–H groups in total. The molecule has 0 radical (unpaired) electrons. The molecule has 10 rings (SSSR count). The fraction of sp³-hybridized carbons (Fsp3) is 0.228. The second kappa shape index (κ2) is 25.9. The summed E-state index contributed by atoms with van der Waals surface area (Å²) < 4.78 is 53.5. The van der Waals surface area contributed by atoms with Crippen LogP contribution in [0.1, 0.15) is 43.1 Å². The van der Waals surface area contributed by atoms with Crippen LogP contribution >= 0.6 is 24.1 Å². The van der Waals surface area contributed by atoms with Crippen LogP contribution in [0.3, 0.4) is 0 Å². The van der Waals surface area contributed by atoms with E-state index in [1.807, 2.05) is 145 Å². The van der Waals surface area contributed by atoms with E-state index in [1.54, 1.807) is 12.1 Å². The van der Waals surface area contributed by atoms with E-state index in [0.717, 1.165) is 58.0 Å². The molecule has 424 valence electrons. The lowest BCUT2D eigenvalue weighted by atomic mass is 9.96. The molecule has 82 heavy (non-hydrogen) atoms. The number of nitrogens with zero attached hydrogens (tertiary/aromatic N) is 5. The van der Waals surface area contributed by atoms with E-state index in [9.17, 15) is 18.0 Å². The molecular formula is C57H58N10O12S3+2. The maximum Gasteiger partial charge on any atom is 0.392 e. The van der Waals surface area contributed by atoms with Crippen LogP contribution in [0, 0.1) is 5.92 Å². The molecule has 1 saturated heterocycles. The van der Waals surface area contributed by atoms with Gasteiger partial charge in [-0.15, -0.1) is 8.67 Å². The van der Waals surface area contributed by atoms with Crippen molar-refractivity contribution < 1.29 is 61.4 Å². The molecule has 9 aromatic rings. The summed E-state index contributed by atoms with van der Waals surface area (Å²) in [6, 6.07) is 41.1. The van der Waals surface area contributed by atoms with Crippen molar-refractivity contribution in [1.29, 1.82) is 0 Å². The summed E-state index contributed by atoms with van der Waals surface area (Å²) in [6.45, 7) is 2.82. The number of aryl methyl sites for hydroxylation is 1. The van der Waals surface area contributed by atoms with Crippen LogP contribution in [-0.4, -0.2) is 83.7 Å². The fourth-order valence-corrected chi connectivity index (χ4v) is 12.2. The molecule has 4 heterocycles. The van der Waals surface area contributed by atoms with Gasteiger partial charge in [0, 0.05) is 91.8 Å². The monoisotopic (exact) mass is 1170 g/mol. The SMILES string of the molecule is CC(=O)NCc1ccc(COc2[nH+]c(N)nc3[nH]c(CCCNC(=O)C4CCN(S(=O)(=O)c5ccccc5-c5c6ccc(N(C)c7ccc(SOOO)cc7)cc6[o+]c6cc(N(C)c7ccc(SOOO)cc7)ccc56)CC4)nc23)cc1. The number of nitrogen functional groups attached to an aromatic ring is 1. The zero-order valence-electron chi connectivity index (χ0n) is 44.7. The van der Waals surface area contributed by atoms with Gasteiger partial charge in [0.25, 0.3) is 5.88 Å². The average Bonchev–Trinajstić information content (AvgIpc) is 3.05. The van der Waals surface area contributed by atoms with Crippen molar-refractivity contribution in [3.05, 3.63) is 150 Å². The van der Waals surface area contributed by atoms with Crippen molar-refractivity contribution in [3.8, 4) is 17.0 Å². The van der Waals surface area contributed by atoms with Crippen LogP contribution in [0.15, 0.2) is 153 Å². The highest BCUT2D eigenvalue weighted by atomic mass is 32.2. The minimum Gasteiger partial charge on any atom is -0.461 e. The van der Waals surface area contributed by atoms with E-state index in [2.05, 4.69) is 44.3 Å². The van der Waals surface area contributed by atoms with Gasteiger partial charge >= 0.3 is 17.1 Å². The number of amides is 2. The van der Waals surface area contributed by atoms with Gasteiger partial charge < -0.3 is 30.2 Å². The number of carbonyl (C=O) groups is 2. The second-order valence-corrected chi connectivity index (χ2v) is 22.8. The van der Waals surface area contributed by atoms with Crippen molar-refractivity contribution >= 4 is 108 Å². The number of nitrogens with one attached hydrogen (secondary N) is 4. The molecule has 0 saturated carbocycles. The Hall–Kier alpha value is -7.95. The maximum absolute atomic E-state index is 15.0. The molecule has 0 aliphatic carbocycles. The first kappa shape index (κ1) is 57.3. The number of ether oxygens (including phenoxy) is 1. The Kier molecular flexibility index (Phi) is 18.1.